The Morgan fingerprint density at radius 3 is 3.00 bits per heavy atom. The van der Waals surface area contributed by atoms with E-state index in [1.165, 1.54) is 0 Å². The maximum atomic E-state index is 9.29. The van der Waals surface area contributed by atoms with E-state index in [-0.39, 0.29) is 12.0 Å². The molecule has 1 aliphatic rings. The van der Waals surface area contributed by atoms with E-state index in [0.717, 1.165) is 25.5 Å². The Balaban J connectivity index is 1.79. The first-order valence-electron chi connectivity index (χ1n) is 8.62. The van der Waals surface area contributed by atoms with Crippen LogP contribution in [-0.2, 0) is 4.74 Å². The number of hydrogen-bond acceptors (Lipinski definition) is 5. The topological polar surface area (TPSA) is 88.0 Å². The number of ether oxygens (including phenoxy) is 2. The van der Waals surface area contributed by atoms with Gasteiger partial charge in [0, 0.05) is 37.4 Å². The molecule has 2 rings (SSSR count). The number of nitrogens with one attached hydrogen (secondary N) is 2. The molecule has 8 heteroatoms. The summed E-state index contributed by atoms with van der Waals surface area (Å²) in [4.78, 5) is 8.74. The molecule has 1 aromatic rings. The summed E-state index contributed by atoms with van der Waals surface area (Å²) in [5.74, 6) is 1.28. The van der Waals surface area contributed by atoms with Gasteiger partial charge in [-0.15, -0.1) is 0 Å². The summed E-state index contributed by atoms with van der Waals surface area (Å²) in [6.45, 7) is 6.03. The normalized spacial score (nSPS) is 20.5. The molecule has 3 N–H and O–H groups in total. The van der Waals surface area contributed by atoms with Gasteiger partial charge < -0.3 is 25.2 Å². The number of guanidine groups is 1. The molecule has 7 nitrogen and oxygen atoms in total. The molecular formula is C17H27ClN4O3. The third-order valence-electron chi connectivity index (χ3n) is 4.09. The fourth-order valence-electron chi connectivity index (χ4n) is 2.65. The van der Waals surface area contributed by atoms with Crippen LogP contribution in [0.3, 0.4) is 0 Å². The van der Waals surface area contributed by atoms with E-state index in [4.69, 9.17) is 21.1 Å². The van der Waals surface area contributed by atoms with Crippen LogP contribution in [0.4, 0.5) is 0 Å². The third kappa shape index (κ3) is 6.68. The monoisotopic (exact) mass is 370 g/mol. The lowest BCUT2D eigenvalue weighted by molar-refractivity contribution is 0.131. The molecule has 0 aromatic carbocycles. The molecule has 0 radical (unpaired) electrons. The number of halogens is 1. The fourth-order valence-corrected chi connectivity index (χ4v) is 2.76. The van der Waals surface area contributed by atoms with Crippen LogP contribution >= 0.6 is 11.6 Å². The van der Waals surface area contributed by atoms with Crippen LogP contribution in [0.25, 0.3) is 0 Å². The van der Waals surface area contributed by atoms with Gasteiger partial charge >= 0.3 is 0 Å². The summed E-state index contributed by atoms with van der Waals surface area (Å²) in [7, 11) is 0. The van der Waals surface area contributed by atoms with Gasteiger partial charge in [0.1, 0.15) is 6.61 Å². The van der Waals surface area contributed by atoms with Crippen molar-refractivity contribution in [3.05, 3.63) is 23.4 Å². The number of nitrogens with zero attached hydrogens (tertiary/aromatic N) is 2. The molecule has 0 aliphatic carbocycles. The molecule has 1 saturated heterocycles. The zero-order chi connectivity index (χ0) is 18.0. The summed E-state index contributed by atoms with van der Waals surface area (Å²) in [5.41, 5.74) is -0.0547. The Hall–Kier alpha value is -1.57. The molecular weight excluding hydrogens is 344 g/mol. The van der Waals surface area contributed by atoms with Gasteiger partial charge in [-0.2, -0.15) is 0 Å². The number of aliphatic hydroxyl groups excluding tert-OH is 1. The van der Waals surface area contributed by atoms with Gasteiger partial charge in [-0.25, -0.2) is 4.98 Å². The van der Waals surface area contributed by atoms with Crippen LogP contribution in [0.5, 0.6) is 5.88 Å². The number of aliphatic hydroxyl groups is 1. The minimum atomic E-state index is -0.0547. The SMILES string of the molecule is CCNC(=NCC1(CCO)CCOC1)NCCOc1ccc(Cl)cn1. The van der Waals surface area contributed by atoms with Crippen molar-refractivity contribution in [1.82, 2.24) is 15.6 Å². The quantitative estimate of drug-likeness (QED) is 0.346. The first-order chi connectivity index (χ1) is 12.2. The molecule has 25 heavy (non-hydrogen) atoms. The number of hydrogen-bond donors (Lipinski definition) is 3. The van der Waals surface area contributed by atoms with Crippen molar-refractivity contribution in [2.24, 2.45) is 10.4 Å². The molecule has 1 fully saturated rings. The lowest BCUT2D eigenvalue weighted by atomic mass is 9.84. The van der Waals surface area contributed by atoms with Gasteiger partial charge in [-0.3, -0.25) is 4.99 Å². The average Bonchev–Trinajstić information content (AvgIpc) is 3.07. The zero-order valence-corrected chi connectivity index (χ0v) is 15.4. The Labute approximate surface area is 153 Å². The Morgan fingerprint density at radius 2 is 2.36 bits per heavy atom. The van der Waals surface area contributed by atoms with E-state index in [9.17, 15) is 5.11 Å². The number of aromatic nitrogens is 1. The van der Waals surface area contributed by atoms with Gasteiger partial charge in [-0.1, -0.05) is 11.6 Å². The van der Waals surface area contributed by atoms with Crippen LogP contribution in [0.15, 0.2) is 23.3 Å². The first kappa shape index (κ1) is 19.8. The molecule has 0 saturated carbocycles. The highest BCUT2D eigenvalue weighted by Gasteiger charge is 2.34. The van der Waals surface area contributed by atoms with E-state index < -0.39 is 0 Å². The lowest BCUT2D eigenvalue weighted by Gasteiger charge is -2.24. The smallest absolute Gasteiger partial charge is 0.213 e. The molecule has 0 spiro atoms. The molecule has 0 bridgehead atoms. The number of aliphatic imine (C=N–C) groups is 1. The van der Waals surface area contributed by atoms with Crippen molar-refractivity contribution in [1.29, 1.82) is 0 Å². The summed E-state index contributed by atoms with van der Waals surface area (Å²) in [5, 5.41) is 16.3. The predicted octanol–water partition coefficient (Wildman–Crippen LogP) is 1.46. The fraction of sp³-hybridized carbons (Fsp3) is 0.647. The van der Waals surface area contributed by atoms with Crippen LogP contribution < -0.4 is 15.4 Å². The third-order valence-corrected chi connectivity index (χ3v) is 4.31. The van der Waals surface area contributed by atoms with Crippen molar-refractivity contribution in [3.8, 4) is 5.88 Å². The van der Waals surface area contributed by atoms with E-state index in [1.54, 1.807) is 18.3 Å². The number of rotatable bonds is 9. The van der Waals surface area contributed by atoms with E-state index >= 15 is 0 Å². The highest BCUT2D eigenvalue weighted by Crippen LogP contribution is 2.32. The van der Waals surface area contributed by atoms with Crippen molar-refractivity contribution in [3.63, 3.8) is 0 Å². The van der Waals surface area contributed by atoms with Gasteiger partial charge in [0.05, 0.1) is 24.7 Å². The molecule has 1 atom stereocenters. The number of pyridine rings is 1. The lowest BCUT2D eigenvalue weighted by Crippen LogP contribution is -2.40. The van der Waals surface area contributed by atoms with Crippen molar-refractivity contribution < 1.29 is 14.6 Å². The second-order valence-corrected chi connectivity index (χ2v) is 6.50. The predicted molar refractivity (Wildman–Crippen MR) is 98.3 cm³/mol. The molecule has 0 amide bonds. The van der Waals surface area contributed by atoms with Gasteiger partial charge in [0.15, 0.2) is 5.96 Å². The van der Waals surface area contributed by atoms with Crippen molar-refractivity contribution in [2.45, 2.75) is 19.8 Å². The van der Waals surface area contributed by atoms with E-state index in [1.807, 2.05) is 6.92 Å². The Morgan fingerprint density at radius 1 is 1.48 bits per heavy atom. The van der Waals surface area contributed by atoms with Crippen LogP contribution in [-0.4, -0.2) is 62.1 Å². The summed E-state index contributed by atoms with van der Waals surface area (Å²) < 4.78 is 11.1. The van der Waals surface area contributed by atoms with Crippen molar-refractivity contribution >= 4 is 17.6 Å². The first-order valence-corrected chi connectivity index (χ1v) is 9.00. The molecule has 2 heterocycles. The zero-order valence-electron chi connectivity index (χ0n) is 14.6. The van der Waals surface area contributed by atoms with E-state index in [0.29, 0.717) is 43.6 Å². The highest BCUT2D eigenvalue weighted by molar-refractivity contribution is 6.30. The van der Waals surface area contributed by atoms with Gasteiger partial charge in [0.2, 0.25) is 5.88 Å². The summed E-state index contributed by atoms with van der Waals surface area (Å²) in [6.07, 6.45) is 3.20. The van der Waals surface area contributed by atoms with E-state index in [2.05, 4.69) is 20.6 Å². The average molecular weight is 371 g/mol. The standard InChI is InChI=1S/C17H27ClN4O3/c1-2-19-16(22-12-17(5-8-23)6-9-24-13-17)20-7-10-25-15-4-3-14(18)11-21-15/h3-4,11,23H,2,5-10,12-13H2,1H3,(H2,19,20,22). The Kier molecular flexibility index (Phi) is 8.24. The summed E-state index contributed by atoms with van der Waals surface area (Å²) >= 11 is 5.79. The van der Waals surface area contributed by atoms with Crippen LogP contribution in [0, 0.1) is 5.41 Å². The van der Waals surface area contributed by atoms with Crippen LogP contribution in [0.2, 0.25) is 5.02 Å². The second kappa shape index (κ2) is 10.4. The minimum absolute atomic E-state index is 0.0547. The van der Waals surface area contributed by atoms with Crippen LogP contribution in [0.1, 0.15) is 19.8 Å². The van der Waals surface area contributed by atoms with Gasteiger partial charge in [0.25, 0.3) is 0 Å². The minimum Gasteiger partial charge on any atom is -0.476 e. The Bertz CT molecular complexity index is 533. The summed E-state index contributed by atoms with van der Waals surface area (Å²) in [6, 6.07) is 3.48. The molecule has 1 aliphatic heterocycles. The van der Waals surface area contributed by atoms with Gasteiger partial charge in [-0.05, 0) is 25.8 Å². The molecule has 1 aromatic heterocycles. The highest BCUT2D eigenvalue weighted by atomic mass is 35.5. The molecule has 140 valence electrons. The second-order valence-electron chi connectivity index (χ2n) is 6.06. The maximum Gasteiger partial charge on any atom is 0.213 e. The largest absolute Gasteiger partial charge is 0.476 e. The maximum absolute atomic E-state index is 9.29. The van der Waals surface area contributed by atoms with Crippen molar-refractivity contribution in [2.75, 3.05) is 46.1 Å². The molecule has 1 unspecified atom stereocenters.